The second-order valence-corrected chi connectivity index (χ2v) is 2.74. The molecule has 1 atom stereocenters. The van der Waals surface area contributed by atoms with Crippen LogP contribution in [0.2, 0.25) is 0 Å². The van der Waals surface area contributed by atoms with Crippen molar-refractivity contribution in [3.8, 4) is 5.88 Å². The van der Waals surface area contributed by atoms with Crippen molar-refractivity contribution >= 4 is 6.09 Å². The zero-order chi connectivity index (χ0) is 10.7. The highest BCUT2D eigenvalue weighted by Crippen LogP contribution is 2.21. The molecule has 0 fully saturated rings. The van der Waals surface area contributed by atoms with Crippen molar-refractivity contribution in [1.82, 2.24) is 10.3 Å². The van der Waals surface area contributed by atoms with Gasteiger partial charge >= 0.3 is 6.09 Å². The Hall–Kier alpha value is -1.85. The molecule has 0 aliphatic rings. The molecule has 1 rings (SSSR count). The van der Waals surface area contributed by atoms with Crippen LogP contribution in [0.5, 0.6) is 5.88 Å². The van der Waals surface area contributed by atoms with Crippen molar-refractivity contribution in [2.45, 2.75) is 13.0 Å². The van der Waals surface area contributed by atoms with Gasteiger partial charge in [-0.1, -0.05) is 0 Å². The first kappa shape index (κ1) is 10.2. The highest BCUT2D eigenvalue weighted by molar-refractivity contribution is 5.65. The van der Waals surface area contributed by atoms with Crippen molar-refractivity contribution in [3.05, 3.63) is 23.6 Å². The molecule has 1 aromatic heterocycles. The van der Waals surface area contributed by atoms with Gasteiger partial charge in [-0.05, 0) is 13.0 Å². The van der Waals surface area contributed by atoms with Crippen LogP contribution in [0.15, 0.2) is 12.3 Å². The van der Waals surface area contributed by atoms with E-state index >= 15 is 0 Å². The van der Waals surface area contributed by atoms with Crippen molar-refractivity contribution < 1.29 is 19.4 Å². The molecule has 6 heteroatoms. The molecular formula is C8H9FN2O3. The second kappa shape index (κ2) is 3.91. The smallest absolute Gasteiger partial charge is 0.405 e. The highest BCUT2D eigenvalue weighted by atomic mass is 19.1. The lowest BCUT2D eigenvalue weighted by Crippen LogP contribution is -2.24. The zero-order valence-electron chi connectivity index (χ0n) is 7.36. The van der Waals surface area contributed by atoms with Gasteiger partial charge in [-0.3, -0.25) is 0 Å². The van der Waals surface area contributed by atoms with Crippen LogP contribution in [0.4, 0.5) is 9.18 Å². The summed E-state index contributed by atoms with van der Waals surface area (Å²) in [6.07, 6.45) is -0.395. The summed E-state index contributed by atoms with van der Waals surface area (Å²) in [4.78, 5) is 13.6. The average Bonchev–Trinajstić information content (AvgIpc) is 2.08. The summed E-state index contributed by atoms with van der Waals surface area (Å²) in [5, 5.41) is 19.7. The molecule has 0 saturated heterocycles. The average molecular weight is 200 g/mol. The maximum atomic E-state index is 12.7. The molecule has 0 aromatic carbocycles. The van der Waals surface area contributed by atoms with E-state index in [0.29, 0.717) is 0 Å². The SMILES string of the molecule is CC(NC(=O)O)c1cc(F)cnc1O. The largest absolute Gasteiger partial charge is 0.493 e. The number of halogens is 1. The number of carbonyl (C=O) groups is 1. The number of aromatic hydroxyl groups is 1. The minimum absolute atomic E-state index is 0.104. The fourth-order valence-electron chi connectivity index (χ4n) is 1.03. The third kappa shape index (κ3) is 2.32. The molecule has 0 aliphatic carbocycles. The third-order valence-corrected chi connectivity index (χ3v) is 1.67. The van der Waals surface area contributed by atoms with Crippen LogP contribution in [0.1, 0.15) is 18.5 Å². The fraction of sp³-hybridized carbons (Fsp3) is 0.250. The Bertz CT molecular complexity index is 356. The first-order chi connectivity index (χ1) is 6.50. The van der Waals surface area contributed by atoms with Gasteiger partial charge in [0.05, 0.1) is 12.2 Å². The van der Waals surface area contributed by atoms with E-state index in [-0.39, 0.29) is 11.4 Å². The zero-order valence-corrected chi connectivity index (χ0v) is 7.36. The topological polar surface area (TPSA) is 82.5 Å². The first-order valence-electron chi connectivity index (χ1n) is 3.84. The van der Waals surface area contributed by atoms with Crippen LogP contribution < -0.4 is 5.32 Å². The molecule has 5 nitrogen and oxygen atoms in total. The van der Waals surface area contributed by atoms with Gasteiger partial charge in [0.2, 0.25) is 5.88 Å². The lowest BCUT2D eigenvalue weighted by Gasteiger charge is -2.12. The van der Waals surface area contributed by atoms with Gasteiger partial charge < -0.3 is 15.5 Å². The molecule has 0 aliphatic heterocycles. The molecule has 0 saturated carbocycles. The minimum Gasteiger partial charge on any atom is -0.493 e. The molecule has 1 aromatic rings. The number of carboxylic acid groups (broad SMARTS) is 1. The number of nitrogens with zero attached hydrogens (tertiary/aromatic N) is 1. The van der Waals surface area contributed by atoms with Gasteiger partial charge in [0.15, 0.2) is 0 Å². The molecule has 0 bridgehead atoms. The lowest BCUT2D eigenvalue weighted by molar-refractivity contribution is 0.190. The first-order valence-corrected chi connectivity index (χ1v) is 3.84. The van der Waals surface area contributed by atoms with E-state index in [1.54, 1.807) is 0 Å². The van der Waals surface area contributed by atoms with E-state index in [2.05, 4.69) is 10.3 Å². The van der Waals surface area contributed by atoms with Crippen LogP contribution in [-0.2, 0) is 0 Å². The van der Waals surface area contributed by atoms with Crippen molar-refractivity contribution in [2.75, 3.05) is 0 Å². The van der Waals surface area contributed by atoms with Crippen LogP contribution in [0.25, 0.3) is 0 Å². The lowest BCUT2D eigenvalue weighted by atomic mass is 10.1. The fourth-order valence-corrected chi connectivity index (χ4v) is 1.03. The molecular weight excluding hydrogens is 191 g/mol. The number of aromatic nitrogens is 1. The van der Waals surface area contributed by atoms with Crippen LogP contribution in [0.3, 0.4) is 0 Å². The Balaban J connectivity index is 2.93. The number of amides is 1. The van der Waals surface area contributed by atoms with Crippen molar-refractivity contribution in [1.29, 1.82) is 0 Å². The maximum Gasteiger partial charge on any atom is 0.405 e. The Labute approximate surface area is 79.2 Å². The van der Waals surface area contributed by atoms with E-state index in [4.69, 9.17) is 5.11 Å². The molecule has 1 heterocycles. The molecule has 1 amide bonds. The van der Waals surface area contributed by atoms with E-state index < -0.39 is 18.0 Å². The quantitative estimate of drug-likeness (QED) is 0.671. The highest BCUT2D eigenvalue weighted by Gasteiger charge is 2.14. The van der Waals surface area contributed by atoms with E-state index in [1.807, 2.05) is 0 Å². The van der Waals surface area contributed by atoms with Gasteiger partial charge in [0.1, 0.15) is 5.82 Å². The predicted molar refractivity (Wildman–Crippen MR) is 45.4 cm³/mol. The number of hydrogen-bond acceptors (Lipinski definition) is 3. The summed E-state index contributed by atoms with van der Waals surface area (Å²) < 4.78 is 12.7. The van der Waals surface area contributed by atoms with Crippen molar-refractivity contribution in [2.24, 2.45) is 0 Å². The molecule has 14 heavy (non-hydrogen) atoms. The Morgan fingerprint density at radius 3 is 2.93 bits per heavy atom. The molecule has 0 radical (unpaired) electrons. The Kier molecular flexibility index (Phi) is 2.85. The van der Waals surface area contributed by atoms with Gasteiger partial charge in [-0.2, -0.15) is 0 Å². The molecule has 1 unspecified atom stereocenters. The Morgan fingerprint density at radius 1 is 1.71 bits per heavy atom. The predicted octanol–water partition coefficient (Wildman–Crippen LogP) is 1.25. The normalized spacial score (nSPS) is 12.1. The van der Waals surface area contributed by atoms with Gasteiger partial charge in [0.25, 0.3) is 0 Å². The molecule has 3 N–H and O–H groups in total. The summed E-state index contributed by atoms with van der Waals surface area (Å²) in [5.74, 6) is -1.01. The molecule has 0 spiro atoms. The van der Waals surface area contributed by atoms with Gasteiger partial charge in [-0.15, -0.1) is 0 Å². The summed E-state index contributed by atoms with van der Waals surface area (Å²) >= 11 is 0. The summed E-state index contributed by atoms with van der Waals surface area (Å²) in [6.45, 7) is 1.48. The number of hydrogen-bond donors (Lipinski definition) is 3. The van der Waals surface area contributed by atoms with Crippen molar-refractivity contribution in [3.63, 3.8) is 0 Å². The van der Waals surface area contributed by atoms with Crippen LogP contribution in [-0.4, -0.2) is 21.3 Å². The Morgan fingerprint density at radius 2 is 2.36 bits per heavy atom. The minimum atomic E-state index is -1.25. The second-order valence-electron chi connectivity index (χ2n) is 2.74. The summed E-state index contributed by atoms with van der Waals surface area (Å²) in [6, 6.07) is 0.318. The van der Waals surface area contributed by atoms with Crippen LogP contribution >= 0.6 is 0 Å². The number of pyridine rings is 1. The van der Waals surface area contributed by atoms with Crippen LogP contribution in [0, 0.1) is 5.82 Å². The molecule has 76 valence electrons. The van der Waals surface area contributed by atoms with E-state index in [0.717, 1.165) is 12.3 Å². The monoisotopic (exact) mass is 200 g/mol. The number of nitrogens with one attached hydrogen (secondary N) is 1. The third-order valence-electron chi connectivity index (χ3n) is 1.67. The van der Waals surface area contributed by atoms with Gasteiger partial charge in [-0.25, -0.2) is 14.2 Å². The van der Waals surface area contributed by atoms with E-state index in [1.165, 1.54) is 6.92 Å². The maximum absolute atomic E-state index is 12.7. The summed E-state index contributed by atoms with van der Waals surface area (Å²) in [7, 11) is 0. The number of rotatable bonds is 2. The van der Waals surface area contributed by atoms with E-state index in [9.17, 15) is 14.3 Å². The standard InChI is InChI=1S/C8H9FN2O3/c1-4(11-8(13)14)6-2-5(9)3-10-7(6)12/h2-4,11H,1H3,(H,10,12)(H,13,14). The summed E-state index contributed by atoms with van der Waals surface area (Å²) in [5.41, 5.74) is 0.104. The van der Waals surface area contributed by atoms with Gasteiger partial charge in [0, 0.05) is 5.56 Å².